The number of amidine groups is 1. The summed E-state index contributed by atoms with van der Waals surface area (Å²) in [7, 11) is 0. The molecule has 2 unspecified atom stereocenters. The Labute approximate surface area is 118 Å². The van der Waals surface area contributed by atoms with Gasteiger partial charge in [-0.15, -0.1) is 0 Å². The molecule has 1 aliphatic heterocycles. The minimum atomic E-state index is 0.183. The quantitative estimate of drug-likeness (QED) is 0.385. The third-order valence-corrected chi connectivity index (χ3v) is 5.13. The minimum absolute atomic E-state index is 0.183. The number of nitrogens with zero attached hydrogens (tertiary/aromatic N) is 2. The van der Waals surface area contributed by atoms with Crippen molar-refractivity contribution < 1.29 is 5.21 Å². The molecular weight excluding hydrogens is 258 g/mol. The fourth-order valence-electron chi connectivity index (χ4n) is 2.40. The van der Waals surface area contributed by atoms with E-state index in [0.29, 0.717) is 11.3 Å². The normalized spacial score (nSPS) is 25.5. The van der Waals surface area contributed by atoms with E-state index in [4.69, 9.17) is 10.9 Å². The molecule has 4 nitrogen and oxygen atoms in total. The third-order valence-electron chi connectivity index (χ3n) is 3.79. The molecule has 1 aliphatic rings. The first-order valence-corrected chi connectivity index (χ1v) is 7.60. The predicted octanol–water partition coefficient (Wildman–Crippen LogP) is 2.11. The summed E-state index contributed by atoms with van der Waals surface area (Å²) in [5.41, 5.74) is 7.68. The Kier molecular flexibility index (Phi) is 4.71. The van der Waals surface area contributed by atoms with E-state index in [1.54, 1.807) is 0 Å². The van der Waals surface area contributed by atoms with Gasteiger partial charge in [0.1, 0.15) is 0 Å². The van der Waals surface area contributed by atoms with Crippen LogP contribution in [0.25, 0.3) is 0 Å². The second kappa shape index (κ2) is 6.30. The molecule has 1 fully saturated rings. The maximum atomic E-state index is 8.86. The molecule has 1 aromatic rings. The van der Waals surface area contributed by atoms with Crippen molar-refractivity contribution >= 4 is 17.6 Å². The summed E-state index contributed by atoms with van der Waals surface area (Å²) in [6, 6.07) is 8.40. The Balaban J connectivity index is 2.19. The van der Waals surface area contributed by atoms with E-state index >= 15 is 0 Å². The van der Waals surface area contributed by atoms with Gasteiger partial charge in [0.15, 0.2) is 5.84 Å². The highest BCUT2D eigenvalue weighted by atomic mass is 32.2. The van der Waals surface area contributed by atoms with E-state index in [2.05, 4.69) is 23.9 Å². The van der Waals surface area contributed by atoms with Crippen molar-refractivity contribution in [3.63, 3.8) is 0 Å². The SMILES string of the molecule is CC1SCCN(Cc2ccccc2/C(N)=N/O)C1C. The fourth-order valence-corrected chi connectivity index (χ4v) is 3.56. The Bertz CT molecular complexity index is 464. The number of benzene rings is 1. The van der Waals surface area contributed by atoms with Gasteiger partial charge in [0, 0.05) is 35.7 Å². The van der Waals surface area contributed by atoms with Crippen molar-refractivity contribution in [2.45, 2.75) is 31.7 Å². The van der Waals surface area contributed by atoms with Gasteiger partial charge in [-0.25, -0.2) is 0 Å². The van der Waals surface area contributed by atoms with Crippen LogP contribution in [0.15, 0.2) is 29.4 Å². The lowest BCUT2D eigenvalue weighted by atomic mass is 10.0. The van der Waals surface area contributed by atoms with E-state index in [-0.39, 0.29) is 5.84 Å². The van der Waals surface area contributed by atoms with E-state index in [0.717, 1.165) is 30.0 Å². The molecule has 1 saturated heterocycles. The predicted molar refractivity (Wildman–Crippen MR) is 80.7 cm³/mol. The van der Waals surface area contributed by atoms with Gasteiger partial charge in [0.05, 0.1) is 0 Å². The van der Waals surface area contributed by atoms with Crippen LogP contribution in [0.1, 0.15) is 25.0 Å². The number of rotatable bonds is 3. The second-order valence-corrected chi connectivity index (χ2v) is 6.41. The molecule has 0 saturated carbocycles. The molecule has 0 amide bonds. The zero-order chi connectivity index (χ0) is 13.8. The number of oxime groups is 1. The summed E-state index contributed by atoms with van der Waals surface area (Å²) < 4.78 is 0. The Morgan fingerprint density at radius 1 is 1.47 bits per heavy atom. The van der Waals surface area contributed by atoms with Crippen molar-refractivity contribution in [2.75, 3.05) is 12.3 Å². The van der Waals surface area contributed by atoms with Crippen LogP contribution < -0.4 is 5.73 Å². The lowest BCUT2D eigenvalue weighted by Gasteiger charge is -2.37. The van der Waals surface area contributed by atoms with Crippen LogP contribution in [-0.2, 0) is 6.54 Å². The first-order valence-electron chi connectivity index (χ1n) is 6.55. The molecule has 0 aliphatic carbocycles. The van der Waals surface area contributed by atoms with E-state index in [9.17, 15) is 0 Å². The maximum Gasteiger partial charge on any atom is 0.170 e. The number of nitrogens with two attached hydrogens (primary N) is 1. The summed E-state index contributed by atoms with van der Waals surface area (Å²) in [6.07, 6.45) is 0. The minimum Gasteiger partial charge on any atom is -0.409 e. The number of thioether (sulfide) groups is 1. The van der Waals surface area contributed by atoms with Gasteiger partial charge >= 0.3 is 0 Å². The van der Waals surface area contributed by atoms with Crippen molar-refractivity contribution in [1.29, 1.82) is 0 Å². The topological polar surface area (TPSA) is 61.8 Å². The van der Waals surface area contributed by atoms with Crippen LogP contribution in [0.3, 0.4) is 0 Å². The smallest absolute Gasteiger partial charge is 0.170 e. The molecule has 5 heteroatoms. The zero-order valence-corrected chi connectivity index (χ0v) is 12.2. The Morgan fingerprint density at radius 2 is 2.21 bits per heavy atom. The average Bonchev–Trinajstić information content (AvgIpc) is 2.43. The van der Waals surface area contributed by atoms with Crippen molar-refractivity contribution in [3.05, 3.63) is 35.4 Å². The largest absolute Gasteiger partial charge is 0.409 e. The summed E-state index contributed by atoms with van der Waals surface area (Å²) in [6.45, 7) is 6.47. The first kappa shape index (κ1) is 14.2. The molecule has 0 radical (unpaired) electrons. The summed E-state index contributed by atoms with van der Waals surface area (Å²) in [5, 5.41) is 12.6. The van der Waals surface area contributed by atoms with Crippen LogP contribution in [0, 0.1) is 0 Å². The third kappa shape index (κ3) is 3.22. The Morgan fingerprint density at radius 3 is 2.95 bits per heavy atom. The molecule has 2 atom stereocenters. The van der Waals surface area contributed by atoms with Gasteiger partial charge in [-0.3, -0.25) is 4.90 Å². The van der Waals surface area contributed by atoms with Crippen LogP contribution in [0.4, 0.5) is 0 Å². The lowest BCUT2D eigenvalue weighted by Crippen LogP contribution is -2.44. The summed E-state index contributed by atoms with van der Waals surface area (Å²) in [5.74, 6) is 1.35. The van der Waals surface area contributed by atoms with Crippen LogP contribution >= 0.6 is 11.8 Å². The first-order chi connectivity index (χ1) is 9.13. The highest BCUT2D eigenvalue weighted by molar-refractivity contribution is 8.00. The maximum absolute atomic E-state index is 8.86. The van der Waals surface area contributed by atoms with Gasteiger partial charge in [-0.1, -0.05) is 36.3 Å². The average molecular weight is 279 g/mol. The molecule has 19 heavy (non-hydrogen) atoms. The molecule has 0 bridgehead atoms. The van der Waals surface area contributed by atoms with E-state index < -0.39 is 0 Å². The highest BCUT2D eigenvalue weighted by Gasteiger charge is 2.25. The fraction of sp³-hybridized carbons (Fsp3) is 0.500. The van der Waals surface area contributed by atoms with Crippen molar-refractivity contribution in [3.8, 4) is 0 Å². The number of hydrogen-bond acceptors (Lipinski definition) is 4. The summed E-state index contributed by atoms with van der Waals surface area (Å²) in [4.78, 5) is 2.46. The molecule has 0 aromatic heterocycles. The molecule has 3 N–H and O–H groups in total. The van der Waals surface area contributed by atoms with Gasteiger partial charge in [-0.2, -0.15) is 11.8 Å². The summed E-state index contributed by atoms with van der Waals surface area (Å²) >= 11 is 2.03. The molecule has 104 valence electrons. The van der Waals surface area contributed by atoms with Gasteiger partial charge in [0.25, 0.3) is 0 Å². The molecular formula is C14H21N3OS. The molecule has 2 rings (SSSR count). The Hall–Kier alpha value is -1.20. The number of hydrogen-bond donors (Lipinski definition) is 2. The zero-order valence-electron chi connectivity index (χ0n) is 11.4. The van der Waals surface area contributed by atoms with Gasteiger partial charge < -0.3 is 10.9 Å². The van der Waals surface area contributed by atoms with Crippen LogP contribution in [-0.4, -0.2) is 39.5 Å². The monoisotopic (exact) mass is 279 g/mol. The van der Waals surface area contributed by atoms with E-state index in [1.807, 2.05) is 36.0 Å². The van der Waals surface area contributed by atoms with E-state index in [1.165, 1.54) is 0 Å². The lowest BCUT2D eigenvalue weighted by molar-refractivity contribution is 0.204. The molecule has 1 heterocycles. The van der Waals surface area contributed by atoms with Gasteiger partial charge in [0.2, 0.25) is 0 Å². The van der Waals surface area contributed by atoms with Crippen LogP contribution in [0.5, 0.6) is 0 Å². The van der Waals surface area contributed by atoms with Gasteiger partial charge in [-0.05, 0) is 12.5 Å². The van der Waals surface area contributed by atoms with Crippen LogP contribution in [0.2, 0.25) is 0 Å². The highest BCUT2D eigenvalue weighted by Crippen LogP contribution is 2.26. The second-order valence-electron chi connectivity index (χ2n) is 4.93. The molecule has 1 aromatic carbocycles. The van der Waals surface area contributed by atoms with Crippen molar-refractivity contribution in [1.82, 2.24) is 4.90 Å². The standard InChI is InChI=1S/C14H21N3OS/c1-10-11(2)19-8-7-17(10)9-12-5-3-4-6-13(12)14(15)16-18/h3-6,10-11,18H,7-9H2,1-2H3,(H2,15,16). The molecule has 0 spiro atoms. The van der Waals surface area contributed by atoms with Crippen molar-refractivity contribution in [2.24, 2.45) is 10.9 Å².